The number of hydrogen-bond donors (Lipinski definition) is 1. The number of rotatable bonds is 2. The van der Waals surface area contributed by atoms with E-state index >= 15 is 0 Å². The van der Waals surface area contributed by atoms with Crippen molar-refractivity contribution in [1.29, 1.82) is 0 Å². The smallest absolute Gasteiger partial charge is 0.0698 e. The lowest BCUT2D eigenvalue weighted by molar-refractivity contribution is -0.0582. The van der Waals surface area contributed by atoms with Crippen molar-refractivity contribution in [2.75, 3.05) is 6.54 Å². The van der Waals surface area contributed by atoms with Crippen LogP contribution >= 0.6 is 0 Å². The van der Waals surface area contributed by atoms with Crippen LogP contribution in [-0.4, -0.2) is 28.7 Å². The number of aliphatic hydroxyl groups is 1. The van der Waals surface area contributed by atoms with Gasteiger partial charge in [-0.25, -0.2) is 0 Å². The Hall–Kier alpha value is -0.860. The summed E-state index contributed by atoms with van der Waals surface area (Å²) in [6, 6.07) is 11.0. The molecule has 2 nitrogen and oxygen atoms in total. The fourth-order valence-electron chi connectivity index (χ4n) is 3.27. The molecule has 16 heavy (non-hydrogen) atoms. The lowest BCUT2D eigenvalue weighted by atomic mass is 9.78. The summed E-state index contributed by atoms with van der Waals surface area (Å²) in [5.41, 5.74) is 1.36. The van der Waals surface area contributed by atoms with Crippen molar-refractivity contribution in [3.63, 3.8) is 0 Å². The van der Waals surface area contributed by atoms with E-state index in [1.807, 2.05) is 0 Å². The summed E-state index contributed by atoms with van der Waals surface area (Å²) in [6.07, 6.45) is 3.43. The maximum absolute atomic E-state index is 10.0. The van der Waals surface area contributed by atoms with E-state index in [0.29, 0.717) is 6.04 Å². The van der Waals surface area contributed by atoms with E-state index in [9.17, 15) is 5.11 Å². The standard InChI is InChI=1S/C14H19NO/c16-14-8-12-6-7-13(14)15(10-12)9-11-4-2-1-3-5-11/h1-5,12-14,16H,6-10H2/t12-,13-,14-/m1/s1. The predicted octanol–water partition coefficient (Wildman–Crippen LogP) is 2.03. The molecule has 2 bridgehead atoms. The Labute approximate surface area is 96.9 Å². The lowest BCUT2D eigenvalue weighted by Gasteiger charge is -2.48. The van der Waals surface area contributed by atoms with Gasteiger partial charge in [0.1, 0.15) is 0 Å². The highest BCUT2D eigenvalue weighted by atomic mass is 16.3. The van der Waals surface area contributed by atoms with E-state index in [4.69, 9.17) is 0 Å². The molecule has 1 aliphatic carbocycles. The second-order valence-electron chi connectivity index (χ2n) is 5.23. The molecule has 2 heterocycles. The number of hydrogen-bond acceptors (Lipinski definition) is 2. The Balaban J connectivity index is 1.72. The molecular weight excluding hydrogens is 198 g/mol. The fourth-order valence-corrected chi connectivity index (χ4v) is 3.27. The SMILES string of the molecule is O[C@@H]1C[C@H]2CC[C@H]1N(Cc1ccccc1)C2. The maximum Gasteiger partial charge on any atom is 0.0698 e. The number of piperidine rings is 2. The van der Waals surface area contributed by atoms with Crippen molar-refractivity contribution >= 4 is 0 Å². The molecule has 3 aliphatic rings. The summed E-state index contributed by atoms with van der Waals surface area (Å²) < 4.78 is 0. The van der Waals surface area contributed by atoms with Crippen molar-refractivity contribution in [2.45, 2.75) is 38.0 Å². The number of fused-ring (bicyclic) bond motifs is 3. The highest BCUT2D eigenvalue weighted by Crippen LogP contribution is 2.35. The minimum absolute atomic E-state index is 0.0868. The van der Waals surface area contributed by atoms with Gasteiger partial charge in [0.25, 0.3) is 0 Å². The van der Waals surface area contributed by atoms with Crippen molar-refractivity contribution < 1.29 is 5.11 Å². The molecular formula is C14H19NO. The molecule has 1 aromatic carbocycles. The van der Waals surface area contributed by atoms with Crippen molar-refractivity contribution in [1.82, 2.24) is 4.90 Å². The van der Waals surface area contributed by atoms with E-state index in [0.717, 1.165) is 18.9 Å². The molecule has 2 heteroatoms. The zero-order valence-corrected chi connectivity index (χ0v) is 9.55. The van der Waals surface area contributed by atoms with Crippen LogP contribution in [0.25, 0.3) is 0 Å². The second kappa shape index (κ2) is 4.19. The van der Waals surface area contributed by atoms with Crippen LogP contribution in [0.4, 0.5) is 0 Å². The average Bonchev–Trinajstić information content (AvgIpc) is 2.30. The summed E-state index contributed by atoms with van der Waals surface area (Å²) in [7, 11) is 0. The van der Waals surface area contributed by atoms with Crippen LogP contribution in [0.5, 0.6) is 0 Å². The van der Waals surface area contributed by atoms with Crippen LogP contribution in [0.1, 0.15) is 24.8 Å². The maximum atomic E-state index is 10.0. The predicted molar refractivity (Wildman–Crippen MR) is 64.0 cm³/mol. The van der Waals surface area contributed by atoms with Crippen LogP contribution in [0, 0.1) is 5.92 Å². The van der Waals surface area contributed by atoms with Gasteiger partial charge in [-0.2, -0.15) is 0 Å². The summed E-state index contributed by atoms with van der Waals surface area (Å²) in [5.74, 6) is 0.726. The van der Waals surface area contributed by atoms with Gasteiger partial charge in [0.2, 0.25) is 0 Å². The molecule has 0 unspecified atom stereocenters. The van der Waals surface area contributed by atoms with E-state index < -0.39 is 0 Å². The Morgan fingerprint density at radius 1 is 1.19 bits per heavy atom. The molecule has 4 rings (SSSR count). The lowest BCUT2D eigenvalue weighted by Crippen LogP contribution is -2.55. The highest BCUT2D eigenvalue weighted by Gasteiger charge is 2.39. The van der Waals surface area contributed by atoms with Crippen LogP contribution in [-0.2, 0) is 6.54 Å². The monoisotopic (exact) mass is 217 g/mol. The van der Waals surface area contributed by atoms with Crippen LogP contribution in [0.3, 0.4) is 0 Å². The Kier molecular flexibility index (Phi) is 2.70. The fraction of sp³-hybridized carbons (Fsp3) is 0.571. The average molecular weight is 217 g/mol. The first-order chi connectivity index (χ1) is 7.83. The van der Waals surface area contributed by atoms with E-state index in [1.165, 1.54) is 24.9 Å². The van der Waals surface area contributed by atoms with Gasteiger partial charge in [-0.1, -0.05) is 30.3 Å². The van der Waals surface area contributed by atoms with Gasteiger partial charge in [0, 0.05) is 19.1 Å². The molecule has 3 atom stereocenters. The Bertz CT molecular complexity index is 351. The minimum Gasteiger partial charge on any atom is -0.391 e. The largest absolute Gasteiger partial charge is 0.391 e. The molecule has 2 saturated heterocycles. The molecule has 86 valence electrons. The van der Waals surface area contributed by atoms with Gasteiger partial charge in [-0.15, -0.1) is 0 Å². The number of benzene rings is 1. The normalized spacial score (nSPS) is 34.2. The Morgan fingerprint density at radius 3 is 2.69 bits per heavy atom. The number of nitrogens with zero attached hydrogens (tertiary/aromatic N) is 1. The minimum atomic E-state index is -0.0868. The van der Waals surface area contributed by atoms with Crippen LogP contribution < -0.4 is 0 Å². The molecule has 3 fully saturated rings. The summed E-state index contributed by atoms with van der Waals surface area (Å²) >= 11 is 0. The van der Waals surface area contributed by atoms with Crippen molar-refractivity contribution in [3.8, 4) is 0 Å². The zero-order valence-electron chi connectivity index (χ0n) is 9.55. The van der Waals surface area contributed by atoms with Gasteiger partial charge in [0.05, 0.1) is 6.10 Å². The molecule has 1 saturated carbocycles. The molecule has 1 N–H and O–H groups in total. The van der Waals surface area contributed by atoms with Gasteiger partial charge < -0.3 is 5.11 Å². The van der Waals surface area contributed by atoms with Crippen LogP contribution in [0.2, 0.25) is 0 Å². The van der Waals surface area contributed by atoms with E-state index in [2.05, 4.69) is 35.2 Å². The summed E-state index contributed by atoms with van der Waals surface area (Å²) in [4.78, 5) is 2.47. The molecule has 1 aromatic rings. The van der Waals surface area contributed by atoms with Gasteiger partial charge in [-0.3, -0.25) is 4.90 Å². The molecule has 0 spiro atoms. The van der Waals surface area contributed by atoms with E-state index in [1.54, 1.807) is 0 Å². The molecule has 2 aliphatic heterocycles. The Morgan fingerprint density at radius 2 is 2.00 bits per heavy atom. The van der Waals surface area contributed by atoms with Crippen molar-refractivity contribution in [2.24, 2.45) is 5.92 Å². The molecule has 0 amide bonds. The quantitative estimate of drug-likeness (QED) is 0.819. The summed E-state index contributed by atoms with van der Waals surface area (Å²) in [6.45, 7) is 2.18. The third kappa shape index (κ3) is 1.87. The van der Waals surface area contributed by atoms with E-state index in [-0.39, 0.29) is 6.10 Å². The first-order valence-electron chi connectivity index (χ1n) is 6.29. The highest BCUT2D eigenvalue weighted by molar-refractivity contribution is 5.15. The topological polar surface area (TPSA) is 23.5 Å². The third-order valence-corrected chi connectivity index (χ3v) is 4.08. The first-order valence-corrected chi connectivity index (χ1v) is 6.29. The van der Waals surface area contributed by atoms with Crippen molar-refractivity contribution in [3.05, 3.63) is 35.9 Å². The number of aliphatic hydroxyl groups excluding tert-OH is 1. The van der Waals surface area contributed by atoms with Gasteiger partial charge in [-0.05, 0) is 30.7 Å². The summed E-state index contributed by atoms with van der Waals surface area (Å²) in [5, 5.41) is 10.0. The zero-order chi connectivity index (χ0) is 11.0. The molecule has 0 radical (unpaired) electrons. The molecule has 0 aromatic heterocycles. The van der Waals surface area contributed by atoms with Gasteiger partial charge >= 0.3 is 0 Å². The first kappa shape index (κ1) is 10.3. The van der Waals surface area contributed by atoms with Crippen LogP contribution in [0.15, 0.2) is 30.3 Å². The second-order valence-corrected chi connectivity index (χ2v) is 5.23. The van der Waals surface area contributed by atoms with Gasteiger partial charge in [0.15, 0.2) is 0 Å². The third-order valence-electron chi connectivity index (χ3n) is 4.08.